The Morgan fingerprint density at radius 3 is 2.67 bits per heavy atom. The molecule has 0 unspecified atom stereocenters. The van der Waals surface area contributed by atoms with Gasteiger partial charge in [0.2, 0.25) is 0 Å². The van der Waals surface area contributed by atoms with Crippen LogP contribution >= 0.6 is 0 Å². The van der Waals surface area contributed by atoms with Gasteiger partial charge in [-0.05, 0) is 30.2 Å². The molecule has 0 saturated carbocycles. The minimum atomic E-state index is 0.489. The van der Waals surface area contributed by atoms with E-state index >= 15 is 0 Å². The highest BCUT2D eigenvalue weighted by Crippen LogP contribution is 2.24. The van der Waals surface area contributed by atoms with Crippen LogP contribution < -0.4 is 4.74 Å². The first kappa shape index (κ1) is 12.1. The maximum atomic E-state index is 8.95. The van der Waals surface area contributed by atoms with Crippen LogP contribution in [0.2, 0.25) is 0 Å². The van der Waals surface area contributed by atoms with Crippen LogP contribution in [0.25, 0.3) is 0 Å². The number of nitrogens with zero attached hydrogens (tertiary/aromatic N) is 2. The number of pyridine rings is 1. The van der Waals surface area contributed by atoms with Crippen LogP contribution in [0.5, 0.6) is 11.5 Å². The molecule has 0 N–H and O–H groups in total. The van der Waals surface area contributed by atoms with Crippen LogP contribution in [-0.4, -0.2) is 4.98 Å². The summed E-state index contributed by atoms with van der Waals surface area (Å²) in [5, 5.41) is 8.95. The number of nitriles is 1. The predicted molar refractivity (Wildman–Crippen MR) is 69.5 cm³/mol. The first-order chi connectivity index (χ1) is 8.83. The van der Waals surface area contributed by atoms with Crippen LogP contribution in [0, 0.1) is 11.3 Å². The zero-order valence-corrected chi connectivity index (χ0v) is 10.3. The SMILES string of the molecule is CCCc1ccc(Oc2cnccc2C#N)cc1. The molecule has 0 aliphatic heterocycles. The molecular formula is C15H14N2O. The highest BCUT2D eigenvalue weighted by Gasteiger charge is 2.04. The van der Waals surface area contributed by atoms with Gasteiger partial charge < -0.3 is 4.74 Å². The number of aromatic nitrogens is 1. The fraction of sp³-hybridized carbons (Fsp3) is 0.200. The van der Waals surface area contributed by atoms with Gasteiger partial charge in [0.25, 0.3) is 0 Å². The van der Waals surface area contributed by atoms with E-state index in [0.29, 0.717) is 11.3 Å². The Labute approximate surface area is 107 Å². The second-order valence-electron chi connectivity index (χ2n) is 3.98. The minimum absolute atomic E-state index is 0.489. The molecule has 0 amide bonds. The molecule has 0 spiro atoms. The van der Waals surface area contributed by atoms with Crippen molar-refractivity contribution >= 4 is 0 Å². The quantitative estimate of drug-likeness (QED) is 0.815. The van der Waals surface area contributed by atoms with Crippen LogP contribution in [0.4, 0.5) is 0 Å². The highest BCUT2D eigenvalue weighted by atomic mass is 16.5. The monoisotopic (exact) mass is 238 g/mol. The third kappa shape index (κ3) is 2.86. The second kappa shape index (κ2) is 5.83. The number of aryl methyl sites for hydroxylation is 1. The van der Waals surface area contributed by atoms with Gasteiger partial charge in [0.15, 0.2) is 5.75 Å². The molecular weight excluding hydrogens is 224 g/mol. The number of benzene rings is 1. The van der Waals surface area contributed by atoms with E-state index in [4.69, 9.17) is 10.00 Å². The lowest BCUT2D eigenvalue weighted by atomic mass is 10.1. The van der Waals surface area contributed by atoms with Crippen molar-refractivity contribution in [3.05, 3.63) is 53.9 Å². The average Bonchev–Trinajstić information content (AvgIpc) is 2.42. The van der Waals surface area contributed by atoms with Crippen molar-refractivity contribution in [1.82, 2.24) is 4.98 Å². The Morgan fingerprint density at radius 2 is 2.00 bits per heavy atom. The predicted octanol–water partition coefficient (Wildman–Crippen LogP) is 3.70. The molecule has 2 rings (SSSR count). The van der Waals surface area contributed by atoms with E-state index in [1.807, 2.05) is 24.3 Å². The van der Waals surface area contributed by atoms with Gasteiger partial charge in [-0.3, -0.25) is 4.98 Å². The molecule has 1 aromatic carbocycles. The summed E-state index contributed by atoms with van der Waals surface area (Å²) in [6, 6.07) is 11.6. The standard InChI is InChI=1S/C15H14N2O/c1-2-3-12-4-6-14(7-5-12)18-15-11-17-9-8-13(15)10-16/h4-9,11H,2-3H2,1H3. The fourth-order valence-corrected chi connectivity index (χ4v) is 1.69. The molecule has 0 aliphatic carbocycles. The van der Waals surface area contributed by atoms with Crippen molar-refractivity contribution in [1.29, 1.82) is 5.26 Å². The van der Waals surface area contributed by atoms with Crippen LogP contribution in [-0.2, 0) is 6.42 Å². The van der Waals surface area contributed by atoms with Gasteiger partial charge in [-0.2, -0.15) is 5.26 Å². The summed E-state index contributed by atoms with van der Waals surface area (Å²) in [4.78, 5) is 3.96. The highest BCUT2D eigenvalue weighted by molar-refractivity contribution is 5.43. The zero-order chi connectivity index (χ0) is 12.8. The van der Waals surface area contributed by atoms with E-state index in [1.54, 1.807) is 18.5 Å². The van der Waals surface area contributed by atoms with Gasteiger partial charge in [-0.15, -0.1) is 0 Å². The fourth-order valence-electron chi connectivity index (χ4n) is 1.69. The minimum Gasteiger partial charge on any atom is -0.454 e. The number of rotatable bonds is 4. The van der Waals surface area contributed by atoms with E-state index in [2.05, 4.69) is 18.0 Å². The Balaban J connectivity index is 2.16. The van der Waals surface area contributed by atoms with Gasteiger partial charge in [-0.1, -0.05) is 25.5 Å². The lowest BCUT2D eigenvalue weighted by molar-refractivity contribution is 0.478. The van der Waals surface area contributed by atoms with E-state index in [0.717, 1.165) is 18.6 Å². The van der Waals surface area contributed by atoms with Crippen molar-refractivity contribution in [3.63, 3.8) is 0 Å². The maximum Gasteiger partial charge on any atom is 0.163 e. The van der Waals surface area contributed by atoms with E-state index in [9.17, 15) is 0 Å². The third-order valence-electron chi connectivity index (χ3n) is 2.59. The molecule has 0 fully saturated rings. The molecule has 0 aliphatic rings. The zero-order valence-electron chi connectivity index (χ0n) is 10.3. The summed E-state index contributed by atoms with van der Waals surface area (Å²) in [7, 11) is 0. The summed E-state index contributed by atoms with van der Waals surface area (Å²) in [6.45, 7) is 2.15. The molecule has 0 radical (unpaired) electrons. The molecule has 0 atom stereocenters. The number of hydrogen-bond donors (Lipinski definition) is 0. The second-order valence-corrected chi connectivity index (χ2v) is 3.98. The molecule has 0 saturated heterocycles. The number of hydrogen-bond acceptors (Lipinski definition) is 3. The Bertz CT molecular complexity index is 555. The topological polar surface area (TPSA) is 45.9 Å². The van der Waals surface area contributed by atoms with Gasteiger partial charge >= 0.3 is 0 Å². The molecule has 1 heterocycles. The first-order valence-electron chi connectivity index (χ1n) is 5.94. The third-order valence-corrected chi connectivity index (χ3v) is 2.59. The van der Waals surface area contributed by atoms with Crippen molar-refractivity contribution in [3.8, 4) is 17.6 Å². The van der Waals surface area contributed by atoms with Crippen molar-refractivity contribution in [2.45, 2.75) is 19.8 Å². The van der Waals surface area contributed by atoms with Crippen LogP contribution in [0.3, 0.4) is 0 Å². The summed E-state index contributed by atoms with van der Waals surface area (Å²) in [5.41, 5.74) is 1.78. The van der Waals surface area contributed by atoms with Gasteiger partial charge in [0, 0.05) is 6.20 Å². The van der Waals surface area contributed by atoms with Gasteiger partial charge in [-0.25, -0.2) is 0 Å². The number of ether oxygens (including phenoxy) is 1. The summed E-state index contributed by atoms with van der Waals surface area (Å²) in [5.74, 6) is 1.21. The Morgan fingerprint density at radius 1 is 1.22 bits per heavy atom. The normalized spacial score (nSPS) is 9.78. The van der Waals surface area contributed by atoms with Crippen LogP contribution in [0.1, 0.15) is 24.5 Å². The van der Waals surface area contributed by atoms with Crippen molar-refractivity contribution < 1.29 is 4.74 Å². The first-order valence-corrected chi connectivity index (χ1v) is 5.94. The largest absolute Gasteiger partial charge is 0.454 e. The van der Waals surface area contributed by atoms with Gasteiger partial charge in [0.05, 0.1) is 11.8 Å². The molecule has 0 bridgehead atoms. The molecule has 3 nitrogen and oxygen atoms in total. The Hall–Kier alpha value is -2.34. The van der Waals surface area contributed by atoms with Crippen LogP contribution in [0.15, 0.2) is 42.7 Å². The Kier molecular flexibility index (Phi) is 3.93. The smallest absolute Gasteiger partial charge is 0.163 e. The molecule has 3 heteroatoms. The lowest BCUT2D eigenvalue weighted by Crippen LogP contribution is -1.90. The van der Waals surface area contributed by atoms with Crippen molar-refractivity contribution in [2.75, 3.05) is 0 Å². The lowest BCUT2D eigenvalue weighted by Gasteiger charge is -2.07. The molecule has 90 valence electrons. The van der Waals surface area contributed by atoms with E-state index < -0.39 is 0 Å². The molecule has 18 heavy (non-hydrogen) atoms. The summed E-state index contributed by atoms with van der Waals surface area (Å²) in [6.07, 6.45) is 5.33. The molecule has 1 aromatic heterocycles. The average molecular weight is 238 g/mol. The van der Waals surface area contributed by atoms with E-state index in [-0.39, 0.29) is 0 Å². The summed E-state index contributed by atoms with van der Waals surface area (Å²) >= 11 is 0. The van der Waals surface area contributed by atoms with Gasteiger partial charge in [0.1, 0.15) is 11.8 Å². The summed E-state index contributed by atoms with van der Waals surface area (Å²) < 4.78 is 5.65. The molecule has 2 aromatic rings. The maximum absolute atomic E-state index is 8.95. The van der Waals surface area contributed by atoms with Crippen molar-refractivity contribution in [2.24, 2.45) is 0 Å². The van der Waals surface area contributed by atoms with E-state index in [1.165, 1.54) is 5.56 Å².